The van der Waals surface area contributed by atoms with E-state index in [-0.39, 0.29) is 11.3 Å². The van der Waals surface area contributed by atoms with Gasteiger partial charge in [-0.2, -0.15) is 0 Å². The molecule has 22 heavy (non-hydrogen) atoms. The molecule has 0 aliphatic heterocycles. The highest BCUT2D eigenvalue weighted by Gasteiger charge is 2.23. The first-order valence-corrected chi connectivity index (χ1v) is 7.09. The molecule has 0 aliphatic rings. The Labute approximate surface area is 130 Å². The summed E-state index contributed by atoms with van der Waals surface area (Å²) in [4.78, 5) is 36.2. The normalized spacial score (nSPS) is 10.1. The minimum absolute atomic E-state index is 0.128. The number of hydrogen-bond acceptors (Lipinski definition) is 6. The van der Waals surface area contributed by atoms with Gasteiger partial charge in [0.15, 0.2) is 5.76 Å². The molecule has 0 fully saturated rings. The zero-order chi connectivity index (χ0) is 16.3. The first-order chi connectivity index (χ1) is 10.4. The molecule has 2 heterocycles. The number of aryl methyl sites for hydroxylation is 1. The molecule has 0 bridgehead atoms. The van der Waals surface area contributed by atoms with E-state index < -0.39 is 17.9 Å². The van der Waals surface area contributed by atoms with Gasteiger partial charge in [-0.3, -0.25) is 14.9 Å². The quantitative estimate of drug-likeness (QED) is 0.905. The van der Waals surface area contributed by atoms with Crippen molar-refractivity contribution in [3.8, 4) is 0 Å². The number of rotatable bonds is 3. The fourth-order valence-corrected chi connectivity index (χ4v) is 2.82. The summed E-state index contributed by atoms with van der Waals surface area (Å²) < 4.78 is 9.40. The molecule has 0 saturated heterocycles. The Morgan fingerprint density at radius 2 is 1.95 bits per heavy atom. The standard InChI is InChI=1S/C14H14N2O5S/c1-7-8(2)22-13(10(7)12(18)16-14(19)20-3)15-11(17)9-5-4-6-21-9/h4-6H,1-3H3,(H,15,17)(H,16,18,19). The number of imide groups is 1. The minimum Gasteiger partial charge on any atom is -0.459 e. The molecule has 0 unspecified atom stereocenters. The molecule has 2 rings (SSSR count). The van der Waals surface area contributed by atoms with Crippen molar-refractivity contribution in [2.75, 3.05) is 12.4 Å². The average Bonchev–Trinajstić information content (AvgIpc) is 3.08. The lowest BCUT2D eigenvalue weighted by molar-refractivity contribution is 0.0937. The Balaban J connectivity index is 2.28. The van der Waals surface area contributed by atoms with E-state index in [1.807, 2.05) is 6.92 Å². The van der Waals surface area contributed by atoms with E-state index in [2.05, 4.69) is 15.4 Å². The highest BCUT2D eigenvalue weighted by atomic mass is 32.1. The summed E-state index contributed by atoms with van der Waals surface area (Å²) in [6, 6.07) is 3.10. The second-order valence-electron chi connectivity index (χ2n) is 4.36. The van der Waals surface area contributed by atoms with E-state index >= 15 is 0 Å². The van der Waals surface area contributed by atoms with Gasteiger partial charge in [0.1, 0.15) is 5.00 Å². The van der Waals surface area contributed by atoms with Gasteiger partial charge in [-0.05, 0) is 31.5 Å². The van der Waals surface area contributed by atoms with E-state index in [1.165, 1.54) is 23.7 Å². The lowest BCUT2D eigenvalue weighted by atomic mass is 10.1. The third-order valence-corrected chi connectivity index (χ3v) is 4.11. The molecule has 0 atom stereocenters. The van der Waals surface area contributed by atoms with Crippen LogP contribution in [0.1, 0.15) is 31.4 Å². The maximum atomic E-state index is 12.2. The zero-order valence-corrected chi connectivity index (χ0v) is 13.0. The lowest BCUT2D eigenvalue weighted by Crippen LogP contribution is -2.31. The fourth-order valence-electron chi connectivity index (χ4n) is 1.77. The van der Waals surface area contributed by atoms with Crippen molar-refractivity contribution >= 4 is 34.2 Å². The first kappa shape index (κ1) is 15.8. The molecule has 116 valence electrons. The van der Waals surface area contributed by atoms with E-state index in [9.17, 15) is 14.4 Å². The van der Waals surface area contributed by atoms with Crippen LogP contribution in [0.4, 0.5) is 9.80 Å². The van der Waals surface area contributed by atoms with Gasteiger partial charge >= 0.3 is 6.09 Å². The summed E-state index contributed by atoms with van der Waals surface area (Å²) >= 11 is 1.24. The number of amides is 3. The summed E-state index contributed by atoms with van der Waals surface area (Å²) in [6.07, 6.45) is 0.515. The van der Waals surface area contributed by atoms with Crippen molar-refractivity contribution in [2.24, 2.45) is 0 Å². The van der Waals surface area contributed by atoms with Gasteiger partial charge in [0, 0.05) is 4.88 Å². The first-order valence-electron chi connectivity index (χ1n) is 6.28. The van der Waals surface area contributed by atoms with Crippen LogP contribution in [-0.4, -0.2) is 25.0 Å². The van der Waals surface area contributed by atoms with Crippen LogP contribution in [0.3, 0.4) is 0 Å². The maximum Gasteiger partial charge on any atom is 0.413 e. The Hall–Kier alpha value is -2.61. The maximum absolute atomic E-state index is 12.2. The molecular formula is C14H14N2O5S. The van der Waals surface area contributed by atoms with Gasteiger partial charge < -0.3 is 14.5 Å². The third-order valence-electron chi connectivity index (χ3n) is 2.99. The summed E-state index contributed by atoms with van der Waals surface area (Å²) in [6.45, 7) is 3.55. The van der Waals surface area contributed by atoms with Crippen LogP contribution in [0.5, 0.6) is 0 Å². The molecular weight excluding hydrogens is 308 g/mol. The molecule has 0 spiro atoms. The van der Waals surface area contributed by atoms with Crippen molar-refractivity contribution in [1.82, 2.24) is 5.32 Å². The highest BCUT2D eigenvalue weighted by molar-refractivity contribution is 7.16. The molecule has 0 aromatic carbocycles. The summed E-state index contributed by atoms with van der Waals surface area (Å²) in [5.41, 5.74) is 0.911. The monoisotopic (exact) mass is 322 g/mol. The van der Waals surface area contributed by atoms with Crippen molar-refractivity contribution in [3.63, 3.8) is 0 Å². The van der Waals surface area contributed by atoms with E-state index in [0.717, 1.165) is 12.0 Å². The number of alkyl carbamates (subject to hydrolysis) is 1. The number of anilines is 1. The number of hydrogen-bond donors (Lipinski definition) is 2. The van der Waals surface area contributed by atoms with Crippen LogP contribution in [0, 0.1) is 13.8 Å². The van der Waals surface area contributed by atoms with Crippen LogP contribution >= 0.6 is 11.3 Å². The number of carbonyl (C=O) groups excluding carboxylic acids is 3. The smallest absolute Gasteiger partial charge is 0.413 e. The van der Waals surface area contributed by atoms with Crippen molar-refractivity contribution in [2.45, 2.75) is 13.8 Å². The van der Waals surface area contributed by atoms with Gasteiger partial charge in [0.25, 0.3) is 11.8 Å². The van der Waals surface area contributed by atoms with Gasteiger partial charge in [0.2, 0.25) is 0 Å². The second-order valence-corrected chi connectivity index (χ2v) is 5.59. The molecule has 0 radical (unpaired) electrons. The summed E-state index contributed by atoms with van der Waals surface area (Å²) in [7, 11) is 1.16. The Morgan fingerprint density at radius 1 is 1.23 bits per heavy atom. The molecule has 2 N–H and O–H groups in total. The minimum atomic E-state index is -0.864. The molecule has 3 amide bonds. The van der Waals surface area contributed by atoms with Crippen LogP contribution in [-0.2, 0) is 4.74 Å². The molecule has 2 aromatic heterocycles. The van der Waals surface area contributed by atoms with Crippen molar-refractivity contribution in [3.05, 3.63) is 40.2 Å². The number of nitrogens with one attached hydrogen (secondary N) is 2. The van der Waals surface area contributed by atoms with E-state index in [1.54, 1.807) is 13.0 Å². The third kappa shape index (κ3) is 3.17. The number of furan rings is 1. The van der Waals surface area contributed by atoms with Crippen LogP contribution in [0.25, 0.3) is 0 Å². The highest BCUT2D eigenvalue weighted by Crippen LogP contribution is 2.32. The lowest BCUT2D eigenvalue weighted by Gasteiger charge is -2.06. The topological polar surface area (TPSA) is 97.6 Å². The molecule has 8 heteroatoms. The predicted octanol–water partition coefficient (Wildman–Crippen LogP) is 2.71. The molecule has 0 saturated carbocycles. The average molecular weight is 322 g/mol. The molecule has 0 aliphatic carbocycles. The summed E-state index contributed by atoms with van der Waals surface area (Å²) in [5.74, 6) is -0.982. The van der Waals surface area contributed by atoms with Crippen LogP contribution in [0.15, 0.2) is 22.8 Å². The number of carbonyl (C=O) groups is 3. The number of thiophene rings is 1. The zero-order valence-electron chi connectivity index (χ0n) is 12.2. The van der Waals surface area contributed by atoms with Gasteiger partial charge in [0.05, 0.1) is 18.9 Å². The molecule has 7 nitrogen and oxygen atoms in total. The predicted molar refractivity (Wildman–Crippen MR) is 80.3 cm³/mol. The van der Waals surface area contributed by atoms with Crippen LogP contribution < -0.4 is 10.6 Å². The fraction of sp³-hybridized carbons (Fsp3) is 0.214. The van der Waals surface area contributed by atoms with Gasteiger partial charge in [-0.1, -0.05) is 0 Å². The summed E-state index contributed by atoms with van der Waals surface area (Å²) in [5, 5.41) is 5.05. The second kappa shape index (κ2) is 6.44. The van der Waals surface area contributed by atoms with E-state index in [4.69, 9.17) is 4.42 Å². The van der Waals surface area contributed by atoms with Gasteiger partial charge in [-0.15, -0.1) is 11.3 Å². The van der Waals surface area contributed by atoms with E-state index in [0.29, 0.717) is 10.6 Å². The van der Waals surface area contributed by atoms with Gasteiger partial charge in [-0.25, -0.2) is 4.79 Å². The Kier molecular flexibility index (Phi) is 4.62. The Morgan fingerprint density at radius 3 is 2.55 bits per heavy atom. The number of ether oxygens (including phenoxy) is 1. The van der Waals surface area contributed by atoms with Crippen molar-refractivity contribution in [1.29, 1.82) is 0 Å². The van der Waals surface area contributed by atoms with Crippen molar-refractivity contribution < 1.29 is 23.5 Å². The van der Waals surface area contributed by atoms with Crippen LogP contribution in [0.2, 0.25) is 0 Å². The number of methoxy groups -OCH3 is 1. The SMILES string of the molecule is COC(=O)NC(=O)c1c(NC(=O)c2ccco2)sc(C)c1C. The molecule has 2 aromatic rings. The largest absolute Gasteiger partial charge is 0.459 e. The Bertz CT molecular complexity index is 718.